The first-order valence-corrected chi connectivity index (χ1v) is 16.7. The third-order valence-corrected chi connectivity index (χ3v) is 8.79. The van der Waals surface area contributed by atoms with Crippen LogP contribution in [0.3, 0.4) is 0 Å². The van der Waals surface area contributed by atoms with E-state index in [0.717, 1.165) is 28.2 Å². The molecule has 0 bridgehead atoms. The number of halogens is 2. The smallest absolute Gasteiger partial charge is 0.143 e. The molecule has 0 aliphatic heterocycles. The van der Waals surface area contributed by atoms with Crippen molar-refractivity contribution >= 4 is 35.2 Å². The van der Waals surface area contributed by atoms with Gasteiger partial charge in [0.2, 0.25) is 0 Å². The molecule has 3 aromatic carbocycles. The standard InChI is InChI=1S/C20H14F2NO.C15H18NSi.Ir/c1-11(2)16-9-18(23-10-17(16)22)15-5-3-4-14-13-7-6-12(21)8-19(13)24-20(14)15;1-12-5-7-13(8-6-12)15-10-9-14(11-16-15)17(2,3)4;/h3-4,6-11H,1-2H3;5-7,9-11H,1-4H3;/q2*-1;/i11D;1D3;. The predicted octanol–water partition coefficient (Wildman–Crippen LogP) is 9.25. The van der Waals surface area contributed by atoms with Crippen LogP contribution in [0.1, 0.15) is 36.4 Å². The van der Waals surface area contributed by atoms with Crippen molar-refractivity contribution in [1.29, 1.82) is 0 Å². The molecule has 0 unspecified atom stereocenters. The zero-order valence-corrected chi connectivity index (χ0v) is 27.3. The number of furan rings is 1. The largest absolute Gasteiger partial charge is 0.500 e. The molecule has 0 aliphatic rings. The monoisotopic (exact) mass is 759 g/mol. The van der Waals surface area contributed by atoms with Crippen molar-refractivity contribution in [2.24, 2.45) is 0 Å². The Kier molecular flexibility index (Phi) is 7.95. The van der Waals surface area contributed by atoms with Crippen LogP contribution in [0.15, 0.2) is 83.5 Å². The number of pyridine rings is 2. The molecule has 0 fully saturated rings. The summed E-state index contributed by atoms with van der Waals surface area (Å²) in [6.45, 7) is 7.99. The molecule has 7 heteroatoms. The number of aryl methyl sites for hydroxylation is 1. The van der Waals surface area contributed by atoms with Crippen LogP contribution < -0.4 is 5.19 Å². The second-order valence-electron chi connectivity index (χ2n) is 11.1. The van der Waals surface area contributed by atoms with Crippen LogP contribution in [0.2, 0.25) is 19.6 Å². The van der Waals surface area contributed by atoms with E-state index in [4.69, 9.17) is 9.90 Å². The Bertz CT molecular complexity index is 1930. The average molecular weight is 759 g/mol. The Morgan fingerprint density at radius 1 is 0.905 bits per heavy atom. The minimum atomic E-state index is -2.08. The quantitative estimate of drug-likeness (QED) is 0.133. The van der Waals surface area contributed by atoms with Gasteiger partial charge in [-0.05, 0) is 40.2 Å². The molecular formula is C35H32F2IrN2OSi-2. The molecule has 42 heavy (non-hydrogen) atoms. The van der Waals surface area contributed by atoms with Gasteiger partial charge in [0.1, 0.15) is 17.2 Å². The second kappa shape index (κ2) is 12.8. The van der Waals surface area contributed by atoms with Gasteiger partial charge in [0.05, 0.1) is 19.9 Å². The van der Waals surface area contributed by atoms with Gasteiger partial charge >= 0.3 is 0 Å². The minimum absolute atomic E-state index is 0. The number of hydrogen-bond donors (Lipinski definition) is 0. The summed E-state index contributed by atoms with van der Waals surface area (Å²) in [5, 5.41) is 2.90. The molecule has 0 saturated carbocycles. The SMILES string of the molecule is [2H]C(C)(C)c1cc(-c2[c-]ccc3c2oc2cc(F)ccc23)ncc1F.[2H]C([2H])([2H])c1c[c-]c(-c2ccc([Si](C)(C)C)cn2)cc1.[Ir]. The van der Waals surface area contributed by atoms with E-state index < -0.39 is 26.6 Å². The van der Waals surface area contributed by atoms with Gasteiger partial charge < -0.3 is 14.4 Å². The molecule has 6 aromatic rings. The maximum Gasteiger partial charge on any atom is 0.143 e. The van der Waals surface area contributed by atoms with E-state index in [1.165, 1.54) is 23.4 Å². The third kappa shape index (κ3) is 6.75. The summed E-state index contributed by atoms with van der Waals surface area (Å²) in [5.41, 5.74) is 4.14. The summed E-state index contributed by atoms with van der Waals surface area (Å²) in [6, 6.07) is 24.5. The van der Waals surface area contributed by atoms with Crippen molar-refractivity contribution in [2.75, 3.05) is 0 Å². The molecule has 0 atom stereocenters. The summed E-state index contributed by atoms with van der Waals surface area (Å²) >= 11 is 0. The second-order valence-corrected chi connectivity index (χ2v) is 16.1. The Morgan fingerprint density at radius 3 is 2.33 bits per heavy atom. The molecule has 0 amide bonds. The number of fused-ring (bicyclic) bond motifs is 3. The van der Waals surface area contributed by atoms with Crippen LogP contribution in [-0.2, 0) is 20.1 Å². The van der Waals surface area contributed by atoms with Crippen LogP contribution in [0.5, 0.6) is 0 Å². The molecule has 6 rings (SSSR count). The van der Waals surface area contributed by atoms with Gasteiger partial charge in [-0.25, -0.2) is 8.78 Å². The van der Waals surface area contributed by atoms with Crippen molar-refractivity contribution in [3.8, 4) is 22.5 Å². The van der Waals surface area contributed by atoms with E-state index in [9.17, 15) is 8.78 Å². The van der Waals surface area contributed by atoms with Crippen LogP contribution in [0.4, 0.5) is 8.78 Å². The Morgan fingerprint density at radius 2 is 1.69 bits per heavy atom. The maximum atomic E-state index is 14.0. The maximum absolute atomic E-state index is 14.0. The molecule has 0 aliphatic carbocycles. The molecule has 3 aromatic heterocycles. The van der Waals surface area contributed by atoms with Crippen molar-refractivity contribution in [1.82, 2.24) is 9.97 Å². The fraction of sp³-hybridized carbons (Fsp3) is 0.200. The summed E-state index contributed by atoms with van der Waals surface area (Å²) in [4.78, 5) is 8.61. The topological polar surface area (TPSA) is 38.9 Å². The molecule has 0 N–H and O–H groups in total. The van der Waals surface area contributed by atoms with Gasteiger partial charge in [-0.1, -0.05) is 69.5 Å². The van der Waals surface area contributed by atoms with Crippen LogP contribution >= 0.6 is 0 Å². The fourth-order valence-electron chi connectivity index (χ4n) is 4.45. The number of nitrogens with zero attached hydrogens (tertiary/aromatic N) is 2. The van der Waals surface area contributed by atoms with Crippen molar-refractivity contribution in [3.63, 3.8) is 0 Å². The van der Waals surface area contributed by atoms with Gasteiger partial charge in [-0.2, -0.15) is 0 Å². The average Bonchev–Trinajstić information content (AvgIpc) is 3.34. The van der Waals surface area contributed by atoms with Crippen LogP contribution in [0, 0.1) is 30.6 Å². The third-order valence-electron chi connectivity index (χ3n) is 6.76. The predicted molar refractivity (Wildman–Crippen MR) is 166 cm³/mol. The van der Waals surface area contributed by atoms with E-state index in [0.29, 0.717) is 28.0 Å². The molecular weight excluding hydrogens is 723 g/mol. The first-order valence-electron chi connectivity index (χ1n) is 15.2. The molecule has 3 heterocycles. The first-order chi connectivity index (χ1) is 21.0. The van der Waals surface area contributed by atoms with Gasteiger partial charge in [0.15, 0.2) is 0 Å². The van der Waals surface area contributed by atoms with E-state index in [1.54, 1.807) is 44.2 Å². The normalized spacial score (nSPS) is 13.3. The van der Waals surface area contributed by atoms with E-state index >= 15 is 0 Å². The Labute approximate surface area is 266 Å². The van der Waals surface area contributed by atoms with E-state index in [1.807, 2.05) is 18.3 Å². The number of benzene rings is 3. The Balaban J connectivity index is 0.000000210. The molecule has 0 spiro atoms. The van der Waals surface area contributed by atoms with Gasteiger partial charge in [0, 0.05) is 43.2 Å². The Hall–Kier alpha value is -3.51. The summed E-state index contributed by atoms with van der Waals surface area (Å²) in [5.74, 6) is -2.01. The van der Waals surface area contributed by atoms with Crippen molar-refractivity contribution in [3.05, 3.63) is 114 Å². The van der Waals surface area contributed by atoms with Gasteiger partial charge in [-0.3, -0.25) is 0 Å². The zero-order valence-electron chi connectivity index (χ0n) is 27.9. The van der Waals surface area contributed by atoms with Gasteiger partial charge in [-0.15, -0.1) is 53.6 Å². The van der Waals surface area contributed by atoms with Crippen molar-refractivity contribution in [2.45, 2.75) is 46.2 Å². The van der Waals surface area contributed by atoms with E-state index in [2.05, 4.69) is 47.8 Å². The van der Waals surface area contributed by atoms with Crippen molar-refractivity contribution < 1.29 is 38.8 Å². The fourth-order valence-corrected chi connectivity index (χ4v) is 5.48. The number of hydrogen-bond acceptors (Lipinski definition) is 3. The zero-order chi connectivity index (χ0) is 32.7. The number of aromatic nitrogens is 2. The first kappa shape index (κ1) is 26.1. The number of rotatable bonds is 4. The van der Waals surface area contributed by atoms with Crippen LogP contribution in [0.25, 0.3) is 44.5 Å². The summed E-state index contributed by atoms with van der Waals surface area (Å²) < 4.78 is 63.5. The summed E-state index contributed by atoms with van der Waals surface area (Å²) in [6.07, 6.45) is 3.03. The summed E-state index contributed by atoms with van der Waals surface area (Å²) in [7, 11) is -1.34. The molecule has 217 valence electrons. The molecule has 0 saturated heterocycles. The molecule has 3 nitrogen and oxygen atoms in total. The van der Waals surface area contributed by atoms with Gasteiger partial charge in [0.25, 0.3) is 0 Å². The molecule has 1 radical (unpaired) electrons. The van der Waals surface area contributed by atoms with Crippen LogP contribution in [-0.4, -0.2) is 18.0 Å². The minimum Gasteiger partial charge on any atom is -0.500 e. The van der Waals surface area contributed by atoms with E-state index in [-0.39, 0.29) is 31.5 Å².